The zero-order valence-corrected chi connectivity index (χ0v) is 13.6. The summed E-state index contributed by atoms with van der Waals surface area (Å²) in [6, 6.07) is 2.10. The molecule has 5 heteroatoms. The molecule has 1 saturated carbocycles. The lowest BCUT2D eigenvalue weighted by Gasteiger charge is -2.13. The Balaban J connectivity index is 2.24. The van der Waals surface area contributed by atoms with Gasteiger partial charge in [0.05, 0.1) is 10.0 Å². The summed E-state index contributed by atoms with van der Waals surface area (Å²) in [6.07, 6.45) is 0. The van der Waals surface area contributed by atoms with Crippen LogP contribution in [0, 0.1) is 10.8 Å². The van der Waals surface area contributed by atoms with Crippen molar-refractivity contribution >= 4 is 34.8 Å². The minimum Gasteiger partial charge on any atom is -0.369 e. The fourth-order valence-corrected chi connectivity index (χ4v) is 3.03. The Bertz CT molecular complexity index is 484. The highest BCUT2D eigenvalue weighted by molar-refractivity contribution is 6.37. The molecule has 3 nitrogen and oxygen atoms in total. The predicted octanol–water partition coefficient (Wildman–Crippen LogP) is 4.67. The van der Waals surface area contributed by atoms with Crippen LogP contribution >= 0.6 is 23.2 Å². The van der Waals surface area contributed by atoms with Gasteiger partial charge in [0.1, 0.15) is 11.6 Å². The van der Waals surface area contributed by atoms with Gasteiger partial charge in [-0.3, -0.25) is 0 Å². The fraction of sp³-hybridized carbons (Fsp3) is 0.643. The third kappa shape index (κ3) is 2.38. The normalized spacial score (nSPS) is 20.2. The van der Waals surface area contributed by atoms with Gasteiger partial charge in [0.15, 0.2) is 0 Å². The van der Waals surface area contributed by atoms with Gasteiger partial charge in [-0.1, -0.05) is 50.9 Å². The standard InChI is InChI=1S/C14H21Cl2N3/c1-6-17-10-8(15)7-9(16)11(18-10)19-12-13(2,3)14(12,4)5/h7,12H,6H2,1-5H3,(H2,17,18,19). The quantitative estimate of drug-likeness (QED) is 0.849. The van der Waals surface area contributed by atoms with Crippen LogP contribution in [0.15, 0.2) is 6.07 Å². The molecule has 0 atom stereocenters. The Labute approximate surface area is 125 Å². The zero-order valence-electron chi connectivity index (χ0n) is 12.1. The molecule has 1 aromatic heterocycles. The van der Waals surface area contributed by atoms with E-state index >= 15 is 0 Å². The topological polar surface area (TPSA) is 37.0 Å². The van der Waals surface area contributed by atoms with Crippen LogP contribution in [-0.2, 0) is 0 Å². The van der Waals surface area contributed by atoms with Gasteiger partial charge in [-0.15, -0.1) is 0 Å². The largest absolute Gasteiger partial charge is 0.369 e. The van der Waals surface area contributed by atoms with E-state index in [-0.39, 0.29) is 10.8 Å². The molecule has 1 heterocycles. The van der Waals surface area contributed by atoms with E-state index < -0.39 is 0 Å². The maximum absolute atomic E-state index is 6.22. The first kappa shape index (κ1) is 14.7. The molecule has 2 N–H and O–H groups in total. The summed E-state index contributed by atoms with van der Waals surface area (Å²) < 4.78 is 0. The number of nitrogens with zero attached hydrogens (tertiary/aromatic N) is 1. The molecule has 0 aromatic carbocycles. The van der Waals surface area contributed by atoms with Gasteiger partial charge in [0.2, 0.25) is 0 Å². The summed E-state index contributed by atoms with van der Waals surface area (Å²) in [5, 5.41) is 7.69. The number of anilines is 2. The van der Waals surface area contributed by atoms with Crippen molar-refractivity contribution in [1.29, 1.82) is 0 Å². The summed E-state index contributed by atoms with van der Waals surface area (Å²) in [7, 11) is 0. The lowest BCUT2D eigenvalue weighted by Crippen LogP contribution is -2.13. The third-order valence-electron chi connectivity index (χ3n) is 4.58. The molecule has 1 aliphatic rings. The number of aromatic nitrogens is 1. The van der Waals surface area contributed by atoms with Crippen LogP contribution in [0.3, 0.4) is 0 Å². The van der Waals surface area contributed by atoms with Gasteiger partial charge in [-0.25, -0.2) is 4.98 Å². The second-order valence-electron chi connectivity index (χ2n) is 6.20. The van der Waals surface area contributed by atoms with Gasteiger partial charge in [-0.2, -0.15) is 0 Å². The van der Waals surface area contributed by atoms with E-state index in [4.69, 9.17) is 23.2 Å². The van der Waals surface area contributed by atoms with E-state index in [1.165, 1.54) is 0 Å². The molecule has 19 heavy (non-hydrogen) atoms. The molecule has 0 radical (unpaired) electrons. The lowest BCUT2D eigenvalue weighted by atomic mass is 10.0. The Morgan fingerprint density at radius 2 is 1.63 bits per heavy atom. The number of halogens is 2. The average molecular weight is 302 g/mol. The van der Waals surface area contributed by atoms with Crippen molar-refractivity contribution in [3.05, 3.63) is 16.1 Å². The molecule has 2 rings (SSSR count). The van der Waals surface area contributed by atoms with Crippen LogP contribution < -0.4 is 10.6 Å². The molecule has 0 unspecified atom stereocenters. The maximum Gasteiger partial charge on any atom is 0.147 e. The Hall–Kier alpha value is -0.670. The second-order valence-corrected chi connectivity index (χ2v) is 7.01. The summed E-state index contributed by atoms with van der Waals surface area (Å²) in [5.41, 5.74) is 0.464. The lowest BCUT2D eigenvalue weighted by molar-refractivity contribution is 0.457. The van der Waals surface area contributed by atoms with Crippen LogP contribution in [0.1, 0.15) is 34.6 Å². The Morgan fingerprint density at radius 1 is 1.11 bits per heavy atom. The van der Waals surface area contributed by atoms with Crippen molar-refractivity contribution in [2.45, 2.75) is 40.7 Å². The van der Waals surface area contributed by atoms with E-state index in [2.05, 4.69) is 43.3 Å². The molecule has 0 aliphatic heterocycles. The maximum atomic E-state index is 6.22. The molecular formula is C14H21Cl2N3. The summed E-state index contributed by atoms with van der Waals surface area (Å²) in [6.45, 7) is 11.8. The van der Waals surface area contributed by atoms with Gasteiger partial charge in [0.25, 0.3) is 0 Å². The Morgan fingerprint density at radius 3 is 2.11 bits per heavy atom. The van der Waals surface area contributed by atoms with E-state index in [0.717, 1.165) is 6.54 Å². The number of pyridine rings is 1. The van der Waals surface area contributed by atoms with E-state index in [1.807, 2.05) is 6.92 Å². The monoisotopic (exact) mass is 301 g/mol. The smallest absolute Gasteiger partial charge is 0.147 e. The highest BCUT2D eigenvalue weighted by atomic mass is 35.5. The number of rotatable bonds is 4. The van der Waals surface area contributed by atoms with Crippen LogP contribution in [0.2, 0.25) is 10.0 Å². The molecular weight excluding hydrogens is 281 g/mol. The SMILES string of the molecule is CCNc1nc(NC2C(C)(C)C2(C)C)c(Cl)cc1Cl. The molecule has 1 aromatic rings. The summed E-state index contributed by atoms with van der Waals surface area (Å²) in [5.74, 6) is 1.37. The van der Waals surface area contributed by atoms with Crippen molar-refractivity contribution in [3.8, 4) is 0 Å². The molecule has 0 amide bonds. The first-order valence-corrected chi connectivity index (χ1v) is 7.34. The first-order chi connectivity index (χ1) is 8.71. The van der Waals surface area contributed by atoms with Crippen molar-refractivity contribution in [2.24, 2.45) is 10.8 Å². The van der Waals surface area contributed by atoms with Crippen LogP contribution in [0.4, 0.5) is 11.6 Å². The second kappa shape index (κ2) is 4.71. The minimum atomic E-state index is 0.232. The summed E-state index contributed by atoms with van der Waals surface area (Å²) >= 11 is 12.3. The molecule has 106 valence electrons. The first-order valence-electron chi connectivity index (χ1n) is 6.58. The van der Waals surface area contributed by atoms with E-state index in [9.17, 15) is 0 Å². The van der Waals surface area contributed by atoms with Crippen molar-refractivity contribution < 1.29 is 0 Å². The molecule has 0 saturated heterocycles. The van der Waals surface area contributed by atoms with E-state index in [1.54, 1.807) is 6.07 Å². The van der Waals surface area contributed by atoms with Crippen LogP contribution in [-0.4, -0.2) is 17.6 Å². The van der Waals surface area contributed by atoms with Gasteiger partial charge < -0.3 is 10.6 Å². The minimum absolute atomic E-state index is 0.232. The van der Waals surface area contributed by atoms with Crippen LogP contribution in [0.5, 0.6) is 0 Å². The molecule has 1 aliphatic carbocycles. The highest BCUT2D eigenvalue weighted by Gasteiger charge is 2.65. The van der Waals surface area contributed by atoms with Gasteiger partial charge >= 0.3 is 0 Å². The molecule has 0 bridgehead atoms. The summed E-state index contributed by atoms with van der Waals surface area (Å²) in [4.78, 5) is 4.49. The molecule has 0 spiro atoms. The predicted molar refractivity (Wildman–Crippen MR) is 83.4 cm³/mol. The fourth-order valence-electron chi connectivity index (χ4n) is 2.55. The zero-order chi connectivity index (χ0) is 14.4. The number of nitrogens with one attached hydrogen (secondary N) is 2. The van der Waals surface area contributed by atoms with Crippen molar-refractivity contribution in [3.63, 3.8) is 0 Å². The molecule has 1 fully saturated rings. The van der Waals surface area contributed by atoms with E-state index in [0.29, 0.717) is 27.7 Å². The average Bonchev–Trinajstić information content (AvgIpc) is 2.67. The van der Waals surface area contributed by atoms with Crippen LogP contribution in [0.25, 0.3) is 0 Å². The number of hydrogen-bond acceptors (Lipinski definition) is 3. The number of hydrogen-bond donors (Lipinski definition) is 2. The highest BCUT2D eigenvalue weighted by Crippen LogP contribution is 2.63. The van der Waals surface area contributed by atoms with Gasteiger partial charge in [0, 0.05) is 12.6 Å². The third-order valence-corrected chi connectivity index (χ3v) is 5.15. The van der Waals surface area contributed by atoms with Gasteiger partial charge in [-0.05, 0) is 23.8 Å². The Kier molecular flexibility index (Phi) is 3.65. The van der Waals surface area contributed by atoms with Crippen molar-refractivity contribution in [2.75, 3.05) is 17.2 Å². The van der Waals surface area contributed by atoms with Crippen molar-refractivity contribution in [1.82, 2.24) is 4.98 Å².